The van der Waals surface area contributed by atoms with Crippen molar-refractivity contribution in [1.82, 2.24) is 4.90 Å². The lowest BCUT2D eigenvalue weighted by molar-refractivity contribution is -0.142. The predicted octanol–water partition coefficient (Wildman–Crippen LogP) is 1.74. The number of ether oxygens (including phenoxy) is 1. The minimum atomic E-state index is -0.0883. The van der Waals surface area contributed by atoms with E-state index in [0.717, 1.165) is 13.0 Å². The summed E-state index contributed by atoms with van der Waals surface area (Å²) in [5.41, 5.74) is 2.49. The Hall–Kier alpha value is -1.35. The second kappa shape index (κ2) is 4.66. The van der Waals surface area contributed by atoms with Crippen LogP contribution in [0.5, 0.6) is 0 Å². The van der Waals surface area contributed by atoms with Crippen LogP contribution in [0.2, 0.25) is 0 Å². The van der Waals surface area contributed by atoms with Gasteiger partial charge in [-0.3, -0.25) is 9.69 Å². The Labute approximate surface area is 96.0 Å². The Kier molecular flexibility index (Phi) is 3.25. The van der Waals surface area contributed by atoms with E-state index < -0.39 is 0 Å². The van der Waals surface area contributed by atoms with Gasteiger partial charge in [-0.2, -0.15) is 0 Å². The number of aryl methyl sites for hydroxylation is 1. The monoisotopic (exact) mass is 219 g/mol. The van der Waals surface area contributed by atoms with Crippen molar-refractivity contribution in [3.8, 4) is 0 Å². The molecule has 1 aliphatic rings. The van der Waals surface area contributed by atoms with E-state index in [1.165, 1.54) is 11.1 Å². The topological polar surface area (TPSA) is 29.5 Å². The number of likely N-dealkylation sites (N-methyl/N-ethyl adjacent to an activating group) is 1. The number of cyclic esters (lactones) is 1. The number of esters is 1. The molecule has 0 aliphatic carbocycles. The lowest BCUT2D eigenvalue weighted by atomic mass is 10.1. The first-order chi connectivity index (χ1) is 7.66. The maximum absolute atomic E-state index is 11.4. The molecule has 0 aromatic heterocycles. The second-order valence-corrected chi connectivity index (χ2v) is 4.37. The number of rotatable bonds is 3. The van der Waals surface area contributed by atoms with Crippen molar-refractivity contribution < 1.29 is 9.53 Å². The minimum Gasteiger partial charge on any atom is -0.464 e. The summed E-state index contributed by atoms with van der Waals surface area (Å²) in [4.78, 5) is 13.5. The average Bonchev–Trinajstić information content (AvgIpc) is 2.68. The third-order valence-electron chi connectivity index (χ3n) is 2.99. The highest BCUT2D eigenvalue weighted by Gasteiger charge is 2.29. The number of nitrogens with zero attached hydrogens (tertiary/aromatic N) is 1. The SMILES string of the molecule is Cc1ccc(CN(C)[C@@H]2CCOC2=O)cc1. The molecule has 1 fully saturated rings. The Balaban J connectivity index is 1.98. The molecule has 0 saturated carbocycles. The van der Waals surface area contributed by atoms with E-state index in [1.54, 1.807) is 0 Å². The number of benzene rings is 1. The molecule has 1 aromatic rings. The van der Waals surface area contributed by atoms with Crippen molar-refractivity contribution in [3.63, 3.8) is 0 Å². The van der Waals surface area contributed by atoms with Gasteiger partial charge in [0.15, 0.2) is 0 Å². The highest BCUT2D eigenvalue weighted by Crippen LogP contribution is 2.15. The van der Waals surface area contributed by atoms with E-state index in [0.29, 0.717) is 6.61 Å². The number of hydrogen-bond donors (Lipinski definition) is 0. The lowest BCUT2D eigenvalue weighted by Gasteiger charge is -2.20. The highest BCUT2D eigenvalue weighted by atomic mass is 16.5. The van der Waals surface area contributed by atoms with Gasteiger partial charge in [0.25, 0.3) is 0 Å². The summed E-state index contributed by atoms with van der Waals surface area (Å²) in [5, 5.41) is 0. The van der Waals surface area contributed by atoms with Crippen LogP contribution in [0.4, 0.5) is 0 Å². The second-order valence-electron chi connectivity index (χ2n) is 4.37. The van der Waals surface area contributed by atoms with Gasteiger partial charge in [-0.05, 0) is 19.5 Å². The number of carbonyl (C=O) groups excluding carboxylic acids is 1. The number of hydrogen-bond acceptors (Lipinski definition) is 3. The van der Waals surface area contributed by atoms with Crippen molar-refractivity contribution in [3.05, 3.63) is 35.4 Å². The Morgan fingerprint density at radius 3 is 2.62 bits per heavy atom. The van der Waals surface area contributed by atoms with Gasteiger partial charge in [-0.15, -0.1) is 0 Å². The molecule has 1 heterocycles. The van der Waals surface area contributed by atoms with E-state index in [9.17, 15) is 4.79 Å². The van der Waals surface area contributed by atoms with E-state index in [1.807, 2.05) is 7.05 Å². The molecule has 86 valence electrons. The van der Waals surface area contributed by atoms with E-state index in [-0.39, 0.29) is 12.0 Å². The fraction of sp³-hybridized carbons (Fsp3) is 0.462. The summed E-state index contributed by atoms with van der Waals surface area (Å²) in [6.45, 7) is 3.42. The molecule has 16 heavy (non-hydrogen) atoms. The molecule has 1 aliphatic heterocycles. The first-order valence-corrected chi connectivity index (χ1v) is 5.59. The van der Waals surface area contributed by atoms with Gasteiger partial charge in [-0.25, -0.2) is 0 Å². The quantitative estimate of drug-likeness (QED) is 0.725. The van der Waals surface area contributed by atoms with Crippen LogP contribution >= 0.6 is 0 Å². The molecule has 1 aromatic carbocycles. The smallest absolute Gasteiger partial charge is 0.323 e. The minimum absolute atomic E-state index is 0.0682. The molecule has 2 rings (SSSR count). The largest absolute Gasteiger partial charge is 0.464 e. The van der Waals surface area contributed by atoms with Crippen LogP contribution in [0.3, 0.4) is 0 Å². The summed E-state index contributed by atoms with van der Waals surface area (Å²) in [7, 11) is 1.97. The third kappa shape index (κ3) is 2.42. The van der Waals surface area contributed by atoms with Gasteiger partial charge in [0, 0.05) is 13.0 Å². The highest BCUT2D eigenvalue weighted by molar-refractivity contribution is 5.77. The van der Waals surface area contributed by atoms with Gasteiger partial charge in [0.05, 0.1) is 6.61 Å². The molecule has 0 bridgehead atoms. The molecule has 1 atom stereocenters. The van der Waals surface area contributed by atoms with Crippen molar-refractivity contribution in [2.45, 2.75) is 25.9 Å². The third-order valence-corrected chi connectivity index (χ3v) is 2.99. The van der Waals surface area contributed by atoms with Gasteiger partial charge in [-0.1, -0.05) is 29.8 Å². The maximum atomic E-state index is 11.4. The van der Waals surface area contributed by atoms with Gasteiger partial charge < -0.3 is 4.74 Å². The Bertz CT molecular complexity index is 372. The zero-order chi connectivity index (χ0) is 11.5. The van der Waals surface area contributed by atoms with Crippen LogP contribution in [0.15, 0.2) is 24.3 Å². The molecule has 1 saturated heterocycles. The molecular weight excluding hydrogens is 202 g/mol. The van der Waals surface area contributed by atoms with E-state index >= 15 is 0 Å². The molecule has 3 heteroatoms. The maximum Gasteiger partial charge on any atom is 0.323 e. The number of carbonyl (C=O) groups is 1. The van der Waals surface area contributed by atoms with Crippen LogP contribution in [0, 0.1) is 6.92 Å². The zero-order valence-corrected chi connectivity index (χ0v) is 9.77. The lowest BCUT2D eigenvalue weighted by Crippen LogP contribution is -2.34. The standard InChI is InChI=1S/C13H17NO2/c1-10-3-5-11(6-4-10)9-14(2)12-7-8-16-13(12)15/h3-6,12H,7-9H2,1-2H3/t12-/m1/s1. The molecule has 0 N–H and O–H groups in total. The van der Waals surface area contributed by atoms with Crippen LogP contribution in [-0.4, -0.2) is 30.6 Å². The van der Waals surface area contributed by atoms with Gasteiger partial charge >= 0.3 is 5.97 Å². The summed E-state index contributed by atoms with van der Waals surface area (Å²) < 4.78 is 4.96. The van der Waals surface area contributed by atoms with Crippen LogP contribution < -0.4 is 0 Å². The van der Waals surface area contributed by atoms with E-state index in [2.05, 4.69) is 36.1 Å². The summed E-state index contributed by atoms with van der Waals surface area (Å²) in [6.07, 6.45) is 0.807. The fourth-order valence-electron chi connectivity index (χ4n) is 1.98. The van der Waals surface area contributed by atoms with Crippen LogP contribution in [0.25, 0.3) is 0 Å². The van der Waals surface area contributed by atoms with Crippen molar-refractivity contribution in [2.24, 2.45) is 0 Å². The first-order valence-electron chi connectivity index (χ1n) is 5.59. The fourth-order valence-corrected chi connectivity index (χ4v) is 1.98. The van der Waals surface area contributed by atoms with Crippen molar-refractivity contribution >= 4 is 5.97 Å². The summed E-state index contributed by atoms with van der Waals surface area (Å²) in [6, 6.07) is 8.33. The zero-order valence-electron chi connectivity index (χ0n) is 9.77. The predicted molar refractivity (Wildman–Crippen MR) is 62.0 cm³/mol. The van der Waals surface area contributed by atoms with E-state index in [4.69, 9.17) is 4.74 Å². The first kappa shape index (κ1) is 11.1. The van der Waals surface area contributed by atoms with Crippen LogP contribution in [-0.2, 0) is 16.1 Å². The van der Waals surface area contributed by atoms with Crippen molar-refractivity contribution in [1.29, 1.82) is 0 Å². The van der Waals surface area contributed by atoms with Crippen LogP contribution in [0.1, 0.15) is 17.5 Å². The Morgan fingerprint density at radius 1 is 1.38 bits per heavy atom. The molecule has 0 radical (unpaired) electrons. The molecule has 3 nitrogen and oxygen atoms in total. The molecule has 0 unspecified atom stereocenters. The summed E-state index contributed by atoms with van der Waals surface area (Å²) >= 11 is 0. The average molecular weight is 219 g/mol. The molecular formula is C13H17NO2. The molecule has 0 spiro atoms. The van der Waals surface area contributed by atoms with Gasteiger partial charge in [0.1, 0.15) is 6.04 Å². The van der Waals surface area contributed by atoms with Gasteiger partial charge in [0.2, 0.25) is 0 Å². The summed E-state index contributed by atoms with van der Waals surface area (Å²) in [5.74, 6) is -0.0883. The molecule has 0 amide bonds. The van der Waals surface area contributed by atoms with Crippen molar-refractivity contribution in [2.75, 3.05) is 13.7 Å². The Morgan fingerprint density at radius 2 is 2.06 bits per heavy atom. The normalized spacial score (nSPS) is 20.2.